The molecule has 0 aliphatic heterocycles. The van der Waals surface area contributed by atoms with E-state index in [0.29, 0.717) is 10.9 Å². The molecule has 2 N–H and O–H groups in total. The molecule has 0 saturated heterocycles. The minimum absolute atomic E-state index is 0.195. The van der Waals surface area contributed by atoms with Gasteiger partial charge < -0.3 is 9.97 Å². The van der Waals surface area contributed by atoms with Gasteiger partial charge in [0.1, 0.15) is 5.82 Å². The number of benzene rings is 2. The van der Waals surface area contributed by atoms with Gasteiger partial charge in [-0.1, -0.05) is 30.0 Å². The molecule has 2 aromatic heterocycles. The Morgan fingerprint density at radius 3 is 2.42 bits per heavy atom. The second kappa shape index (κ2) is 7.01. The number of rotatable bonds is 4. The maximum atomic E-state index is 13.3. The van der Waals surface area contributed by atoms with Crippen LogP contribution in [0, 0.1) is 5.82 Å². The van der Waals surface area contributed by atoms with Crippen LogP contribution >= 0.6 is 11.8 Å². The predicted molar refractivity (Wildman–Crippen MR) is 101 cm³/mol. The van der Waals surface area contributed by atoms with Gasteiger partial charge in [0.05, 0.1) is 11.4 Å². The van der Waals surface area contributed by atoms with Gasteiger partial charge in [-0.25, -0.2) is 9.37 Å². The summed E-state index contributed by atoms with van der Waals surface area (Å²) < 4.78 is 13.3. The van der Waals surface area contributed by atoms with Crippen LogP contribution in [-0.2, 0) is 0 Å². The molecule has 0 unspecified atom stereocenters. The van der Waals surface area contributed by atoms with Crippen LogP contribution in [0.15, 0.2) is 87.8 Å². The topological polar surface area (TPSA) is 61.5 Å². The molecule has 0 fully saturated rings. The standard InChI is InChI=1S/C20H14FN3OS/c21-15-8-6-13(7-9-15)18-19(14-10-11-22-17(25)12-14)24-20(23-18)26-16-4-2-1-3-5-16/h1-12H,(H,22,25)(H,23,24). The van der Waals surface area contributed by atoms with Crippen LogP contribution in [-0.4, -0.2) is 15.0 Å². The zero-order valence-corrected chi connectivity index (χ0v) is 14.4. The fraction of sp³-hybridized carbons (Fsp3) is 0. The van der Waals surface area contributed by atoms with Gasteiger partial charge in [-0.3, -0.25) is 4.79 Å². The van der Waals surface area contributed by atoms with E-state index in [-0.39, 0.29) is 11.4 Å². The number of hydrogen-bond acceptors (Lipinski definition) is 3. The van der Waals surface area contributed by atoms with Crippen molar-refractivity contribution < 1.29 is 4.39 Å². The Kier molecular flexibility index (Phi) is 4.41. The molecule has 2 aromatic carbocycles. The van der Waals surface area contributed by atoms with Crippen LogP contribution < -0.4 is 5.56 Å². The van der Waals surface area contributed by atoms with E-state index in [0.717, 1.165) is 21.7 Å². The summed E-state index contributed by atoms with van der Waals surface area (Å²) in [4.78, 5) is 23.3. The molecule has 0 spiro atoms. The quantitative estimate of drug-likeness (QED) is 0.551. The molecule has 0 aliphatic carbocycles. The molecule has 4 aromatic rings. The summed E-state index contributed by atoms with van der Waals surface area (Å²) in [6.07, 6.45) is 1.59. The third-order valence-corrected chi connectivity index (χ3v) is 4.72. The Morgan fingerprint density at radius 2 is 1.69 bits per heavy atom. The van der Waals surface area contributed by atoms with Crippen LogP contribution in [0.4, 0.5) is 4.39 Å². The molecule has 0 radical (unpaired) electrons. The highest BCUT2D eigenvalue weighted by atomic mass is 32.2. The number of halogens is 1. The van der Waals surface area contributed by atoms with E-state index in [2.05, 4.69) is 15.0 Å². The van der Waals surface area contributed by atoms with Crippen molar-refractivity contribution in [1.82, 2.24) is 15.0 Å². The van der Waals surface area contributed by atoms with E-state index in [4.69, 9.17) is 0 Å². The maximum Gasteiger partial charge on any atom is 0.248 e. The molecule has 128 valence electrons. The van der Waals surface area contributed by atoms with Gasteiger partial charge in [-0.05, 0) is 42.5 Å². The summed E-state index contributed by atoms with van der Waals surface area (Å²) in [6.45, 7) is 0. The molecule has 0 atom stereocenters. The molecule has 0 saturated carbocycles. The van der Waals surface area contributed by atoms with Crippen LogP contribution in [0.5, 0.6) is 0 Å². The lowest BCUT2D eigenvalue weighted by Crippen LogP contribution is -2.02. The van der Waals surface area contributed by atoms with Crippen molar-refractivity contribution in [1.29, 1.82) is 0 Å². The van der Waals surface area contributed by atoms with E-state index < -0.39 is 0 Å². The summed E-state index contributed by atoms with van der Waals surface area (Å²) in [5, 5.41) is 0.700. The first-order valence-electron chi connectivity index (χ1n) is 7.97. The molecule has 2 heterocycles. The number of hydrogen-bond donors (Lipinski definition) is 2. The summed E-state index contributed by atoms with van der Waals surface area (Å²) in [7, 11) is 0. The Bertz CT molecular complexity index is 1090. The minimum atomic E-state index is -0.305. The van der Waals surface area contributed by atoms with E-state index in [1.807, 2.05) is 30.3 Å². The van der Waals surface area contributed by atoms with Gasteiger partial charge >= 0.3 is 0 Å². The van der Waals surface area contributed by atoms with Crippen LogP contribution in [0.2, 0.25) is 0 Å². The average Bonchev–Trinajstić information content (AvgIpc) is 3.07. The lowest BCUT2D eigenvalue weighted by molar-refractivity contribution is 0.628. The summed E-state index contributed by atoms with van der Waals surface area (Å²) in [5.74, 6) is -0.305. The Morgan fingerprint density at radius 1 is 0.923 bits per heavy atom. The Hall–Kier alpha value is -3.12. The largest absolute Gasteiger partial charge is 0.332 e. The summed E-state index contributed by atoms with van der Waals surface area (Å²) in [5.41, 5.74) is 2.70. The van der Waals surface area contributed by atoms with Crippen molar-refractivity contribution in [3.63, 3.8) is 0 Å². The normalized spacial score (nSPS) is 10.8. The van der Waals surface area contributed by atoms with Crippen molar-refractivity contribution in [2.45, 2.75) is 10.1 Å². The third kappa shape index (κ3) is 3.45. The highest BCUT2D eigenvalue weighted by molar-refractivity contribution is 7.99. The third-order valence-electron chi connectivity index (χ3n) is 3.82. The SMILES string of the molecule is O=c1cc(-c2[nH]c(Sc3ccccc3)nc2-c2ccc(F)cc2)cc[nH]1. The predicted octanol–water partition coefficient (Wildman–Crippen LogP) is 4.72. The number of imidazole rings is 1. The fourth-order valence-corrected chi connectivity index (χ4v) is 3.43. The highest BCUT2D eigenvalue weighted by Crippen LogP contribution is 2.34. The zero-order chi connectivity index (χ0) is 17.9. The van der Waals surface area contributed by atoms with Crippen LogP contribution in [0.1, 0.15) is 0 Å². The molecule has 4 rings (SSSR count). The minimum Gasteiger partial charge on any atom is -0.332 e. The summed E-state index contributed by atoms with van der Waals surface area (Å²) in [6, 6.07) is 19.3. The number of nitrogens with zero attached hydrogens (tertiary/aromatic N) is 1. The number of aromatic amines is 2. The molecule has 0 amide bonds. The van der Waals surface area contributed by atoms with E-state index in [1.165, 1.54) is 30.0 Å². The van der Waals surface area contributed by atoms with Crippen molar-refractivity contribution in [2.75, 3.05) is 0 Å². The van der Waals surface area contributed by atoms with Crippen molar-refractivity contribution in [3.8, 4) is 22.5 Å². The lowest BCUT2D eigenvalue weighted by atomic mass is 10.1. The molecule has 0 bridgehead atoms. The van der Waals surface area contributed by atoms with Gasteiger partial charge in [0.25, 0.3) is 0 Å². The average molecular weight is 363 g/mol. The molecule has 6 heteroatoms. The van der Waals surface area contributed by atoms with Gasteiger partial charge in [-0.15, -0.1) is 0 Å². The Labute approximate surface area is 153 Å². The van der Waals surface area contributed by atoms with Crippen molar-refractivity contribution >= 4 is 11.8 Å². The van der Waals surface area contributed by atoms with Gasteiger partial charge in [-0.2, -0.15) is 0 Å². The van der Waals surface area contributed by atoms with Crippen LogP contribution in [0.3, 0.4) is 0 Å². The second-order valence-electron chi connectivity index (χ2n) is 5.63. The van der Waals surface area contributed by atoms with Gasteiger partial charge in [0.15, 0.2) is 5.16 Å². The molecular weight excluding hydrogens is 349 g/mol. The highest BCUT2D eigenvalue weighted by Gasteiger charge is 2.15. The molecule has 0 aliphatic rings. The zero-order valence-electron chi connectivity index (χ0n) is 13.6. The maximum absolute atomic E-state index is 13.3. The molecule has 26 heavy (non-hydrogen) atoms. The van der Waals surface area contributed by atoms with E-state index in [1.54, 1.807) is 24.4 Å². The lowest BCUT2D eigenvalue weighted by Gasteiger charge is -2.02. The van der Waals surface area contributed by atoms with E-state index >= 15 is 0 Å². The number of aromatic nitrogens is 3. The number of pyridine rings is 1. The van der Waals surface area contributed by atoms with Crippen molar-refractivity contribution in [2.24, 2.45) is 0 Å². The summed E-state index contributed by atoms with van der Waals surface area (Å²) >= 11 is 1.49. The van der Waals surface area contributed by atoms with E-state index in [9.17, 15) is 9.18 Å². The monoisotopic (exact) mass is 363 g/mol. The molecule has 4 nitrogen and oxygen atoms in total. The van der Waals surface area contributed by atoms with Crippen molar-refractivity contribution in [3.05, 3.63) is 89.1 Å². The second-order valence-corrected chi connectivity index (χ2v) is 6.69. The van der Waals surface area contributed by atoms with Gasteiger partial charge in [0, 0.05) is 28.3 Å². The molecular formula is C20H14FN3OS. The van der Waals surface area contributed by atoms with Crippen LogP contribution in [0.25, 0.3) is 22.5 Å². The first-order valence-corrected chi connectivity index (χ1v) is 8.79. The number of H-pyrrole nitrogens is 2. The Balaban J connectivity index is 1.82. The first-order chi connectivity index (χ1) is 12.7. The fourth-order valence-electron chi connectivity index (χ4n) is 2.63. The number of nitrogens with one attached hydrogen (secondary N) is 2. The smallest absolute Gasteiger partial charge is 0.248 e. The first kappa shape index (κ1) is 16.4. The van der Waals surface area contributed by atoms with Gasteiger partial charge in [0.2, 0.25) is 5.56 Å².